The van der Waals surface area contributed by atoms with E-state index in [1.807, 2.05) is 6.08 Å². The highest BCUT2D eigenvalue weighted by Crippen LogP contribution is 2.45. The van der Waals surface area contributed by atoms with E-state index >= 15 is 0 Å². The number of ether oxygens (including phenoxy) is 1. The highest BCUT2D eigenvalue weighted by Gasteiger charge is 2.47. The number of hydrogen-bond acceptors (Lipinski definition) is 2. The molecule has 2 heterocycles. The van der Waals surface area contributed by atoms with Crippen LogP contribution in [0.1, 0.15) is 30.5 Å². The van der Waals surface area contributed by atoms with Gasteiger partial charge in [-0.1, -0.05) is 24.3 Å². The molecule has 0 aromatic heterocycles. The first kappa shape index (κ1) is 12.5. The standard InChI is InChI=1S/C15H18N2OS/c1-4-8-17-14(19)16-12-9-15(17,3)18-13-10(2)6-5-7-11(12)13/h4-7,12H,1,8-9H2,2-3H3,(H,16,19). The molecule has 100 valence electrons. The van der Waals surface area contributed by atoms with Crippen LogP contribution in [0.3, 0.4) is 0 Å². The van der Waals surface area contributed by atoms with Crippen molar-refractivity contribution >= 4 is 17.3 Å². The Hall–Kier alpha value is -1.55. The average Bonchev–Trinajstić information content (AvgIpc) is 2.36. The second-order valence-corrected chi connectivity index (χ2v) is 5.76. The Labute approximate surface area is 119 Å². The summed E-state index contributed by atoms with van der Waals surface area (Å²) in [5.74, 6) is 0.991. The average molecular weight is 274 g/mol. The zero-order valence-electron chi connectivity index (χ0n) is 11.3. The Morgan fingerprint density at radius 1 is 1.63 bits per heavy atom. The van der Waals surface area contributed by atoms with E-state index in [0.29, 0.717) is 6.54 Å². The molecule has 1 saturated heterocycles. The normalized spacial score (nSPS) is 28.2. The van der Waals surface area contributed by atoms with Crippen LogP contribution in [0.2, 0.25) is 0 Å². The monoisotopic (exact) mass is 274 g/mol. The fraction of sp³-hybridized carbons (Fsp3) is 0.400. The summed E-state index contributed by atoms with van der Waals surface area (Å²) in [6, 6.07) is 6.51. The third-order valence-electron chi connectivity index (χ3n) is 3.95. The second kappa shape index (κ2) is 4.23. The molecule has 1 aromatic carbocycles. The van der Waals surface area contributed by atoms with Crippen molar-refractivity contribution in [1.82, 2.24) is 10.2 Å². The molecule has 3 rings (SSSR count). The van der Waals surface area contributed by atoms with Gasteiger partial charge in [0.05, 0.1) is 6.04 Å². The number of thiocarbonyl (C=S) groups is 1. The van der Waals surface area contributed by atoms with Crippen LogP contribution >= 0.6 is 12.2 Å². The predicted octanol–water partition coefficient (Wildman–Crippen LogP) is 2.91. The van der Waals surface area contributed by atoms with Gasteiger partial charge in [-0.25, -0.2) is 0 Å². The van der Waals surface area contributed by atoms with Gasteiger partial charge in [-0.2, -0.15) is 0 Å². The van der Waals surface area contributed by atoms with Gasteiger partial charge in [0.1, 0.15) is 5.75 Å². The van der Waals surface area contributed by atoms with Crippen LogP contribution in [-0.4, -0.2) is 22.3 Å². The summed E-state index contributed by atoms with van der Waals surface area (Å²) in [5.41, 5.74) is 1.99. The summed E-state index contributed by atoms with van der Waals surface area (Å²) in [5, 5.41) is 4.16. The van der Waals surface area contributed by atoms with Crippen molar-refractivity contribution in [1.29, 1.82) is 0 Å². The molecule has 19 heavy (non-hydrogen) atoms. The van der Waals surface area contributed by atoms with E-state index in [4.69, 9.17) is 17.0 Å². The number of aryl methyl sites for hydroxylation is 1. The lowest BCUT2D eigenvalue weighted by molar-refractivity contribution is -0.0636. The Morgan fingerprint density at radius 3 is 3.16 bits per heavy atom. The molecule has 0 spiro atoms. The van der Waals surface area contributed by atoms with Crippen LogP contribution in [0.4, 0.5) is 0 Å². The fourth-order valence-corrected chi connectivity index (χ4v) is 3.39. The zero-order chi connectivity index (χ0) is 13.6. The highest BCUT2D eigenvalue weighted by molar-refractivity contribution is 7.80. The first-order chi connectivity index (χ1) is 9.05. The molecule has 2 aliphatic heterocycles. The molecular weight excluding hydrogens is 256 g/mol. The molecule has 2 atom stereocenters. The van der Waals surface area contributed by atoms with Crippen molar-refractivity contribution in [3.8, 4) is 5.75 Å². The van der Waals surface area contributed by atoms with Crippen LogP contribution in [0.15, 0.2) is 30.9 Å². The van der Waals surface area contributed by atoms with Crippen molar-refractivity contribution in [3.05, 3.63) is 42.0 Å². The molecule has 3 nitrogen and oxygen atoms in total. The Morgan fingerprint density at radius 2 is 2.42 bits per heavy atom. The second-order valence-electron chi connectivity index (χ2n) is 5.38. The largest absolute Gasteiger partial charge is 0.467 e. The molecule has 1 aromatic rings. The summed E-state index contributed by atoms with van der Waals surface area (Å²) in [7, 11) is 0. The Bertz CT molecular complexity index is 557. The van der Waals surface area contributed by atoms with Gasteiger partial charge in [-0.05, 0) is 31.6 Å². The van der Waals surface area contributed by atoms with Gasteiger partial charge in [-0.3, -0.25) is 0 Å². The number of fused-ring (bicyclic) bond motifs is 4. The predicted molar refractivity (Wildman–Crippen MR) is 80.2 cm³/mol. The maximum Gasteiger partial charge on any atom is 0.184 e. The molecule has 0 aliphatic carbocycles. The number of rotatable bonds is 2. The molecule has 2 aliphatic rings. The topological polar surface area (TPSA) is 24.5 Å². The van der Waals surface area contributed by atoms with Crippen LogP contribution < -0.4 is 10.1 Å². The van der Waals surface area contributed by atoms with Crippen molar-refractivity contribution in [2.24, 2.45) is 0 Å². The lowest BCUT2D eigenvalue weighted by atomic mass is 9.89. The smallest absolute Gasteiger partial charge is 0.184 e. The SMILES string of the molecule is C=CCN1C(=S)NC2CC1(C)Oc1c(C)cccc12. The van der Waals surface area contributed by atoms with Crippen LogP contribution in [-0.2, 0) is 0 Å². The number of nitrogens with one attached hydrogen (secondary N) is 1. The maximum atomic E-state index is 6.31. The quantitative estimate of drug-likeness (QED) is 0.662. The molecule has 0 amide bonds. The zero-order valence-corrected chi connectivity index (χ0v) is 12.1. The van der Waals surface area contributed by atoms with Crippen LogP contribution in [0.5, 0.6) is 5.75 Å². The van der Waals surface area contributed by atoms with Gasteiger partial charge in [0.15, 0.2) is 10.8 Å². The summed E-state index contributed by atoms with van der Waals surface area (Å²) in [6.45, 7) is 8.68. The van der Waals surface area contributed by atoms with Crippen molar-refractivity contribution in [2.45, 2.75) is 32.0 Å². The van der Waals surface area contributed by atoms with Gasteiger partial charge < -0.3 is 15.0 Å². The molecule has 0 radical (unpaired) electrons. The minimum atomic E-state index is -0.389. The Balaban J connectivity index is 2.08. The maximum absolute atomic E-state index is 6.31. The van der Waals surface area contributed by atoms with E-state index in [1.165, 1.54) is 11.1 Å². The molecular formula is C15H18N2OS. The lowest BCUT2D eigenvalue weighted by Crippen LogP contribution is -2.64. The van der Waals surface area contributed by atoms with E-state index in [2.05, 4.69) is 48.8 Å². The number of benzene rings is 1. The number of nitrogens with zero attached hydrogens (tertiary/aromatic N) is 1. The number of para-hydroxylation sites is 1. The van der Waals surface area contributed by atoms with Crippen molar-refractivity contribution in [3.63, 3.8) is 0 Å². The lowest BCUT2D eigenvalue weighted by Gasteiger charge is -2.52. The van der Waals surface area contributed by atoms with E-state index in [0.717, 1.165) is 17.3 Å². The van der Waals surface area contributed by atoms with Gasteiger partial charge in [0.25, 0.3) is 0 Å². The molecule has 1 N–H and O–H groups in total. The van der Waals surface area contributed by atoms with Gasteiger partial charge in [-0.15, -0.1) is 6.58 Å². The molecule has 2 unspecified atom stereocenters. The molecule has 2 bridgehead atoms. The van der Waals surface area contributed by atoms with Crippen LogP contribution in [0, 0.1) is 6.92 Å². The van der Waals surface area contributed by atoms with Crippen LogP contribution in [0.25, 0.3) is 0 Å². The van der Waals surface area contributed by atoms with E-state index in [1.54, 1.807) is 0 Å². The first-order valence-electron chi connectivity index (χ1n) is 6.53. The summed E-state index contributed by atoms with van der Waals surface area (Å²) in [6.07, 6.45) is 2.74. The van der Waals surface area contributed by atoms with Crippen molar-refractivity contribution < 1.29 is 4.74 Å². The first-order valence-corrected chi connectivity index (χ1v) is 6.93. The summed E-state index contributed by atoms with van der Waals surface area (Å²) >= 11 is 5.47. The number of hydrogen-bond donors (Lipinski definition) is 1. The summed E-state index contributed by atoms with van der Waals surface area (Å²) < 4.78 is 6.31. The minimum absolute atomic E-state index is 0.238. The van der Waals surface area contributed by atoms with Gasteiger partial charge in [0.2, 0.25) is 0 Å². The van der Waals surface area contributed by atoms with E-state index < -0.39 is 0 Å². The molecule has 4 heteroatoms. The fourth-order valence-electron chi connectivity index (χ4n) is 2.98. The van der Waals surface area contributed by atoms with Crippen molar-refractivity contribution in [2.75, 3.05) is 6.54 Å². The third kappa shape index (κ3) is 1.82. The van der Waals surface area contributed by atoms with Gasteiger partial charge >= 0.3 is 0 Å². The van der Waals surface area contributed by atoms with Gasteiger partial charge in [0, 0.05) is 18.5 Å². The highest BCUT2D eigenvalue weighted by atomic mass is 32.1. The third-order valence-corrected chi connectivity index (χ3v) is 4.29. The molecule has 0 saturated carbocycles. The molecule has 1 fully saturated rings. The minimum Gasteiger partial charge on any atom is -0.467 e. The van der Waals surface area contributed by atoms with E-state index in [-0.39, 0.29) is 11.8 Å². The van der Waals surface area contributed by atoms with E-state index in [9.17, 15) is 0 Å². The Kier molecular flexibility index (Phi) is 2.78. The summed E-state index contributed by atoms with van der Waals surface area (Å²) in [4.78, 5) is 2.07.